The summed E-state index contributed by atoms with van der Waals surface area (Å²) in [5.74, 6) is -2.26. The molecule has 0 radical (unpaired) electrons. The molecule has 2 aliphatic rings. The van der Waals surface area contributed by atoms with Crippen LogP contribution in [0.25, 0.3) is 11.1 Å². The molecule has 2 atom stereocenters. The van der Waals surface area contributed by atoms with Gasteiger partial charge in [-0.25, -0.2) is 4.79 Å². The number of nitrogens with zero attached hydrogens (tertiary/aromatic N) is 2. The molecule has 5 rings (SSSR count). The maximum absolute atomic E-state index is 13.6. The fourth-order valence-corrected chi connectivity index (χ4v) is 5.47. The van der Waals surface area contributed by atoms with Gasteiger partial charge >= 0.3 is 12.1 Å². The minimum Gasteiger partial charge on any atom is -0.480 e. The normalized spacial score (nSPS) is 15.9. The molecule has 42 heavy (non-hydrogen) atoms. The number of nitrogens with one attached hydrogen (secondary N) is 1. The molecule has 0 bridgehead atoms. The molecule has 1 heterocycles. The summed E-state index contributed by atoms with van der Waals surface area (Å²) in [6.07, 6.45) is -1.54. The molecule has 3 aromatic carbocycles. The van der Waals surface area contributed by atoms with Gasteiger partial charge in [-0.05, 0) is 34.7 Å². The van der Waals surface area contributed by atoms with Crippen LogP contribution in [-0.2, 0) is 30.5 Å². The van der Waals surface area contributed by atoms with E-state index in [9.17, 15) is 19.2 Å². The van der Waals surface area contributed by atoms with Crippen LogP contribution in [-0.4, -0.2) is 83.7 Å². The molecule has 1 aliphatic heterocycles. The number of fused-ring (bicyclic) bond motifs is 3. The standard InChI is InChI=1S/C32H33N3O7/c1-21(41-19-22-9-3-2-4-10-22)30(31(39)35-16-15-34(18-29(37)38)28(36)17-35)33-32(40)42-20-27-25-13-7-5-11-23(25)24-12-6-8-14-26(24)27/h2-14,21,27,30H,15-20H2,1H3,(H,33,40)(H,37,38). The highest BCUT2D eigenvalue weighted by Gasteiger charge is 2.37. The van der Waals surface area contributed by atoms with Crippen molar-refractivity contribution in [2.45, 2.75) is 31.6 Å². The monoisotopic (exact) mass is 571 g/mol. The van der Waals surface area contributed by atoms with Gasteiger partial charge in [0.05, 0.1) is 19.3 Å². The first-order valence-electron chi connectivity index (χ1n) is 13.9. The van der Waals surface area contributed by atoms with Crippen molar-refractivity contribution in [1.82, 2.24) is 15.1 Å². The second-order valence-corrected chi connectivity index (χ2v) is 10.4. The van der Waals surface area contributed by atoms with E-state index in [1.165, 1.54) is 9.80 Å². The van der Waals surface area contributed by atoms with Crippen LogP contribution < -0.4 is 5.32 Å². The van der Waals surface area contributed by atoms with Gasteiger partial charge in [0.2, 0.25) is 11.8 Å². The Morgan fingerprint density at radius 2 is 1.55 bits per heavy atom. The molecule has 3 amide bonds. The molecule has 1 fully saturated rings. The smallest absolute Gasteiger partial charge is 0.407 e. The fraction of sp³-hybridized carbons (Fsp3) is 0.312. The molecular weight excluding hydrogens is 538 g/mol. The Hall–Kier alpha value is -4.70. The lowest BCUT2D eigenvalue weighted by Gasteiger charge is -2.36. The van der Waals surface area contributed by atoms with Crippen LogP contribution in [0.15, 0.2) is 78.9 Å². The topological polar surface area (TPSA) is 125 Å². The van der Waals surface area contributed by atoms with E-state index in [4.69, 9.17) is 14.6 Å². The molecule has 3 aromatic rings. The average molecular weight is 572 g/mol. The number of carboxylic acid groups (broad SMARTS) is 1. The SMILES string of the molecule is CC(OCc1ccccc1)C(NC(=O)OCC1c2ccccc2-c2ccccc21)C(=O)N1CCN(CC(=O)O)C(=O)C1. The Morgan fingerprint density at radius 3 is 2.17 bits per heavy atom. The number of piperazine rings is 1. The van der Waals surface area contributed by atoms with Gasteiger partial charge in [0.15, 0.2) is 0 Å². The summed E-state index contributed by atoms with van der Waals surface area (Å²) >= 11 is 0. The van der Waals surface area contributed by atoms with E-state index in [2.05, 4.69) is 5.32 Å². The van der Waals surface area contributed by atoms with Crippen molar-refractivity contribution in [3.63, 3.8) is 0 Å². The second kappa shape index (κ2) is 12.9. The zero-order valence-electron chi connectivity index (χ0n) is 23.3. The number of ether oxygens (including phenoxy) is 2. The highest BCUT2D eigenvalue weighted by molar-refractivity contribution is 5.91. The molecule has 10 heteroatoms. The van der Waals surface area contributed by atoms with Crippen molar-refractivity contribution in [1.29, 1.82) is 0 Å². The van der Waals surface area contributed by atoms with Crippen molar-refractivity contribution >= 4 is 23.9 Å². The lowest BCUT2D eigenvalue weighted by atomic mass is 9.98. The molecule has 0 saturated carbocycles. The third-order valence-electron chi connectivity index (χ3n) is 7.66. The van der Waals surface area contributed by atoms with Crippen LogP contribution in [0.3, 0.4) is 0 Å². The van der Waals surface area contributed by atoms with Crippen molar-refractivity contribution in [2.24, 2.45) is 0 Å². The van der Waals surface area contributed by atoms with Gasteiger partial charge in [-0.3, -0.25) is 14.4 Å². The Kier molecular flexibility index (Phi) is 8.83. The summed E-state index contributed by atoms with van der Waals surface area (Å²) in [7, 11) is 0. The van der Waals surface area contributed by atoms with E-state index < -0.39 is 42.6 Å². The molecular formula is C32H33N3O7. The van der Waals surface area contributed by atoms with E-state index >= 15 is 0 Å². The minimum absolute atomic E-state index is 0.0758. The fourth-order valence-electron chi connectivity index (χ4n) is 5.47. The molecule has 10 nitrogen and oxygen atoms in total. The molecule has 1 aliphatic carbocycles. The minimum atomic E-state index is -1.14. The first kappa shape index (κ1) is 28.8. The Bertz CT molecular complexity index is 1420. The number of hydrogen-bond donors (Lipinski definition) is 2. The van der Waals surface area contributed by atoms with Crippen molar-refractivity contribution < 1.29 is 33.8 Å². The number of benzene rings is 3. The van der Waals surface area contributed by atoms with Crippen LogP contribution >= 0.6 is 0 Å². The van der Waals surface area contributed by atoms with Gasteiger partial charge in [0, 0.05) is 19.0 Å². The van der Waals surface area contributed by atoms with Gasteiger partial charge in [-0.2, -0.15) is 0 Å². The van der Waals surface area contributed by atoms with E-state index in [-0.39, 0.29) is 38.8 Å². The number of amides is 3. The summed E-state index contributed by atoms with van der Waals surface area (Å²) in [6.45, 7) is 1.45. The van der Waals surface area contributed by atoms with E-state index in [0.29, 0.717) is 0 Å². The Morgan fingerprint density at radius 1 is 0.929 bits per heavy atom. The summed E-state index contributed by atoms with van der Waals surface area (Å²) in [4.78, 5) is 52.9. The van der Waals surface area contributed by atoms with Gasteiger partial charge in [0.1, 0.15) is 19.2 Å². The van der Waals surface area contributed by atoms with E-state index in [0.717, 1.165) is 27.8 Å². The first-order valence-corrected chi connectivity index (χ1v) is 13.9. The number of alkyl carbamates (subject to hydrolysis) is 1. The zero-order chi connectivity index (χ0) is 29.6. The van der Waals surface area contributed by atoms with Crippen molar-refractivity contribution in [3.8, 4) is 11.1 Å². The Balaban J connectivity index is 1.27. The third-order valence-corrected chi connectivity index (χ3v) is 7.66. The number of rotatable bonds is 10. The number of aliphatic carboxylic acids is 1. The third kappa shape index (κ3) is 6.44. The van der Waals surface area contributed by atoms with Gasteiger partial charge in [-0.15, -0.1) is 0 Å². The number of carboxylic acids is 1. The zero-order valence-corrected chi connectivity index (χ0v) is 23.3. The van der Waals surface area contributed by atoms with Gasteiger partial charge in [0.25, 0.3) is 0 Å². The van der Waals surface area contributed by atoms with Gasteiger partial charge in [-0.1, -0.05) is 78.9 Å². The first-order chi connectivity index (χ1) is 20.3. The molecule has 0 aromatic heterocycles. The predicted octanol–water partition coefficient (Wildman–Crippen LogP) is 3.25. The number of carbonyl (C=O) groups excluding carboxylic acids is 3. The largest absolute Gasteiger partial charge is 0.480 e. The second-order valence-electron chi connectivity index (χ2n) is 10.4. The molecule has 1 saturated heterocycles. The maximum atomic E-state index is 13.6. The van der Waals surface area contributed by atoms with E-state index in [1.807, 2.05) is 78.9 Å². The quantitative estimate of drug-likeness (QED) is 0.383. The molecule has 2 N–H and O–H groups in total. The molecule has 2 unspecified atom stereocenters. The van der Waals surface area contributed by atoms with Crippen LogP contribution in [0.1, 0.15) is 29.5 Å². The van der Waals surface area contributed by atoms with Crippen molar-refractivity contribution in [3.05, 3.63) is 95.6 Å². The van der Waals surface area contributed by atoms with Crippen LogP contribution in [0, 0.1) is 0 Å². The summed E-state index contributed by atoms with van der Waals surface area (Å²) in [5, 5.41) is 11.7. The predicted molar refractivity (Wildman–Crippen MR) is 153 cm³/mol. The van der Waals surface area contributed by atoms with Crippen LogP contribution in [0.4, 0.5) is 4.79 Å². The number of hydrogen-bond acceptors (Lipinski definition) is 6. The lowest BCUT2D eigenvalue weighted by molar-refractivity contribution is -0.152. The van der Waals surface area contributed by atoms with E-state index in [1.54, 1.807) is 6.92 Å². The highest BCUT2D eigenvalue weighted by Crippen LogP contribution is 2.44. The highest BCUT2D eigenvalue weighted by atomic mass is 16.5. The molecule has 0 spiro atoms. The van der Waals surface area contributed by atoms with Crippen LogP contribution in [0.2, 0.25) is 0 Å². The lowest BCUT2D eigenvalue weighted by Crippen LogP contribution is -2.60. The maximum Gasteiger partial charge on any atom is 0.407 e. The summed E-state index contributed by atoms with van der Waals surface area (Å²) in [5.41, 5.74) is 5.23. The molecule has 218 valence electrons. The summed E-state index contributed by atoms with van der Waals surface area (Å²) in [6, 6.07) is 24.3. The Labute approximate surface area is 243 Å². The van der Waals surface area contributed by atoms with Gasteiger partial charge < -0.3 is 29.7 Å². The van der Waals surface area contributed by atoms with Crippen LogP contribution in [0.5, 0.6) is 0 Å². The number of carbonyl (C=O) groups is 4. The average Bonchev–Trinajstić information content (AvgIpc) is 3.32. The summed E-state index contributed by atoms with van der Waals surface area (Å²) < 4.78 is 11.7. The van der Waals surface area contributed by atoms with Crippen molar-refractivity contribution in [2.75, 3.05) is 32.8 Å².